The van der Waals surface area contributed by atoms with Crippen molar-refractivity contribution in [3.8, 4) is 0 Å². The minimum absolute atomic E-state index is 0.0290. The number of nitrogens with one attached hydrogen (secondary N) is 1. The summed E-state index contributed by atoms with van der Waals surface area (Å²) in [4.78, 5) is 12.3. The molecular weight excluding hydrogens is 310 g/mol. The number of para-hydroxylation sites is 1. The van der Waals surface area contributed by atoms with E-state index < -0.39 is 0 Å². The Balaban J connectivity index is 1.56. The molecule has 3 aromatic carbocycles. The number of amides is 1. The normalized spacial score (nSPS) is 11.1. The van der Waals surface area contributed by atoms with Gasteiger partial charge in [-0.25, -0.2) is 0 Å². The molecule has 124 valence electrons. The standard InChI is InChI=1S/C22H19NO2/c1-14-7-8-16(11-15(14)2)12-22(24)23-17-9-10-19-18-5-3-4-6-20(18)25-21(19)13-17/h3-11,13H,12H2,1-2H3,(H,23,24). The van der Waals surface area contributed by atoms with E-state index in [1.54, 1.807) is 0 Å². The molecule has 0 saturated heterocycles. The van der Waals surface area contributed by atoms with Gasteiger partial charge in [0.05, 0.1) is 6.42 Å². The molecule has 0 radical (unpaired) electrons. The lowest BCUT2D eigenvalue weighted by molar-refractivity contribution is -0.115. The van der Waals surface area contributed by atoms with E-state index in [9.17, 15) is 4.79 Å². The minimum atomic E-state index is -0.0290. The topological polar surface area (TPSA) is 42.2 Å². The highest BCUT2D eigenvalue weighted by Crippen LogP contribution is 2.30. The lowest BCUT2D eigenvalue weighted by Crippen LogP contribution is -2.14. The van der Waals surface area contributed by atoms with Crippen LogP contribution < -0.4 is 5.32 Å². The first-order valence-electron chi connectivity index (χ1n) is 8.37. The number of aryl methyl sites for hydroxylation is 2. The minimum Gasteiger partial charge on any atom is -0.456 e. The number of hydrogen-bond acceptors (Lipinski definition) is 2. The lowest BCUT2D eigenvalue weighted by atomic mass is 10.0. The summed E-state index contributed by atoms with van der Waals surface area (Å²) in [5, 5.41) is 5.11. The Morgan fingerprint density at radius 3 is 2.52 bits per heavy atom. The predicted octanol–water partition coefficient (Wildman–Crippen LogP) is 5.38. The summed E-state index contributed by atoms with van der Waals surface area (Å²) < 4.78 is 5.87. The predicted molar refractivity (Wildman–Crippen MR) is 102 cm³/mol. The van der Waals surface area contributed by atoms with Gasteiger partial charge in [-0.05, 0) is 48.7 Å². The van der Waals surface area contributed by atoms with Gasteiger partial charge >= 0.3 is 0 Å². The third-order valence-electron chi connectivity index (χ3n) is 4.60. The van der Waals surface area contributed by atoms with Crippen molar-refractivity contribution in [2.24, 2.45) is 0 Å². The molecule has 3 heteroatoms. The second-order valence-corrected chi connectivity index (χ2v) is 6.45. The first-order chi connectivity index (χ1) is 12.1. The molecule has 0 unspecified atom stereocenters. The van der Waals surface area contributed by atoms with E-state index in [2.05, 4.69) is 31.3 Å². The van der Waals surface area contributed by atoms with E-state index in [1.165, 1.54) is 11.1 Å². The third kappa shape index (κ3) is 3.01. The van der Waals surface area contributed by atoms with Crippen LogP contribution in [0.4, 0.5) is 5.69 Å². The molecule has 1 aromatic heterocycles. The van der Waals surface area contributed by atoms with Crippen molar-refractivity contribution in [1.29, 1.82) is 0 Å². The van der Waals surface area contributed by atoms with E-state index in [1.807, 2.05) is 48.5 Å². The molecule has 4 rings (SSSR count). The molecule has 0 aliphatic rings. The summed E-state index contributed by atoms with van der Waals surface area (Å²) >= 11 is 0. The molecule has 0 saturated carbocycles. The van der Waals surface area contributed by atoms with Gasteiger partial charge in [-0.15, -0.1) is 0 Å². The highest BCUT2D eigenvalue weighted by molar-refractivity contribution is 6.06. The molecule has 4 aromatic rings. The van der Waals surface area contributed by atoms with Crippen LogP contribution in [0.2, 0.25) is 0 Å². The van der Waals surface area contributed by atoms with Crippen molar-refractivity contribution in [2.45, 2.75) is 20.3 Å². The smallest absolute Gasteiger partial charge is 0.228 e. The first-order valence-corrected chi connectivity index (χ1v) is 8.37. The average molecular weight is 329 g/mol. The zero-order valence-corrected chi connectivity index (χ0v) is 14.3. The zero-order valence-electron chi connectivity index (χ0n) is 14.3. The second-order valence-electron chi connectivity index (χ2n) is 6.45. The van der Waals surface area contributed by atoms with Crippen LogP contribution >= 0.6 is 0 Å². The third-order valence-corrected chi connectivity index (χ3v) is 4.60. The van der Waals surface area contributed by atoms with Crippen LogP contribution in [0.5, 0.6) is 0 Å². The van der Waals surface area contributed by atoms with E-state index in [-0.39, 0.29) is 5.91 Å². The molecule has 0 aliphatic heterocycles. The molecule has 0 aliphatic carbocycles. The number of benzene rings is 3. The summed E-state index contributed by atoms with van der Waals surface area (Å²) in [5.74, 6) is -0.0290. The molecule has 1 N–H and O–H groups in total. The quantitative estimate of drug-likeness (QED) is 0.548. The van der Waals surface area contributed by atoms with Gasteiger partial charge in [0.1, 0.15) is 11.2 Å². The van der Waals surface area contributed by atoms with Crippen molar-refractivity contribution in [3.05, 3.63) is 77.4 Å². The van der Waals surface area contributed by atoms with E-state index >= 15 is 0 Å². The van der Waals surface area contributed by atoms with Gasteiger partial charge in [0.15, 0.2) is 0 Å². The molecule has 1 heterocycles. The van der Waals surface area contributed by atoms with Gasteiger partial charge in [-0.2, -0.15) is 0 Å². The Labute approximate surface area is 146 Å². The Morgan fingerprint density at radius 1 is 0.880 bits per heavy atom. The van der Waals surface area contributed by atoms with Crippen LogP contribution in [0.15, 0.2) is 65.1 Å². The Hall–Kier alpha value is -3.07. The van der Waals surface area contributed by atoms with Gasteiger partial charge in [0.2, 0.25) is 5.91 Å². The Bertz CT molecular complexity index is 1090. The number of fused-ring (bicyclic) bond motifs is 3. The maximum Gasteiger partial charge on any atom is 0.228 e. The van der Waals surface area contributed by atoms with Crippen LogP contribution in [0.25, 0.3) is 21.9 Å². The number of hydrogen-bond donors (Lipinski definition) is 1. The van der Waals surface area contributed by atoms with Gasteiger partial charge in [-0.1, -0.05) is 36.4 Å². The highest BCUT2D eigenvalue weighted by atomic mass is 16.3. The number of furan rings is 1. The maximum absolute atomic E-state index is 12.3. The first kappa shape index (κ1) is 15.5. The largest absolute Gasteiger partial charge is 0.456 e. The number of rotatable bonds is 3. The van der Waals surface area contributed by atoms with Gasteiger partial charge < -0.3 is 9.73 Å². The average Bonchev–Trinajstić information content (AvgIpc) is 2.96. The van der Waals surface area contributed by atoms with E-state index in [4.69, 9.17) is 4.42 Å². The Kier molecular flexibility index (Phi) is 3.77. The van der Waals surface area contributed by atoms with Crippen molar-refractivity contribution >= 4 is 33.5 Å². The molecule has 0 spiro atoms. The zero-order chi connectivity index (χ0) is 17.4. The Morgan fingerprint density at radius 2 is 1.68 bits per heavy atom. The summed E-state index contributed by atoms with van der Waals surface area (Å²) in [7, 11) is 0. The van der Waals surface area contributed by atoms with Crippen molar-refractivity contribution in [2.75, 3.05) is 5.32 Å². The number of anilines is 1. The lowest BCUT2D eigenvalue weighted by Gasteiger charge is -2.07. The van der Waals surface area contributed by atoms with Crippen LogP contribution in [0.3, 0.4) is 0 Å². The van der Waals surface area contributed by atoms with E-state index in [0.29, 0.717) is 6.42 Å². The van der Waals surface area contributed by atoms with Gasteiger partial charge in [0.25, 0.3) is 0 Å². The van der Waals surface area contributed by atoms with Gasteiger partial charge in [0, 0.05) is 22.5 Å². The fraction of sp³-hybridized carbons (Fsp3) is 0.136. The SMILES string of the molecule is Cc1ccc(CC(=O)Nc2ccc3c(c2)oc2ccccc23)cc1C. The van der Waals surface area contributed by atoms with Crippen molar-refractivity contribution < 1.29 is 9.21 Å². The monoisotopic (exact) mass is 329 g/mol. The molecule has 3 nitrogen and oxygen atoms in total. The maximum atomic E-state index is 12.3. The summed E-state index contributed by atoms with van der Waals surface area (Å²) in [6, 6.07) is 19.9. The highest BCUT2D eigenvalue weighted by Gasteiger charge is 2.09. The van der Waals surface area contributed by atoms with Gasteiger partial charge in [-0.3, -0.25) is 4.79 Å². The molecule has 1 amide bonds. The summed E-state index contributed by atoms with van der Waals surface area (Å²) in [5.41, 5.74) is 5.85. The van der Waals surface area contributed by atoms with Crippen molar-refractivity contribution in [1.82, 2.24) is 0 Å². The molecule has 0 bridgehead atoms. The van der Waals surface area contributed by atoms with Crippen molar-refractivity contribution in [3.63, 3.8) is 0 Å². The fourth-order valence-corrected chi connectivity index (χ4v) is 3.11. The van der Waals surface area contributed by atoms with Crippen LogP contribution in [-0.2, 0) is 11.2 Å². The van der Waals surface area contributed by atoms with E-state index in [0.717, 1.165) is 33.2 Å². The molecular formula is C22H19NO2. The molecule has 0 atom stereocenters. The number of carbonyl (C=O) groups excluding carboxylic acids is 1. The van der Waals surface area contributed by atoms with Crippen LogP contribution in [-0.4, -0.2) is 5.91 Å². The summed E-state index contributed by atoms with van der Waals surface area (Å²) in [6.45, 7) is 4.13. The fourth-order valence-electron chi connectivity index (χ4n) is 3.11. The van der Waals surface area contributed by atoms with Crippen LogP contribution in [0.1, 0.15) is 16.7 Å². The second kappa shape index (κ2) is 6.10. The van der Waals surface area contributed by atoms with Crippen LogP contribution in [0, 0.1) is 13.8 Å². The number of carbonyl (C=O) groups is 1. The molecule has 0 fully saturated rings. The molecule has 25 heavy (non-hydrogen) atoms. The summed E-state index contributed by atoms with van der Waals surface area (Å²) in [6.07, 6.45) is 0.360.